The fourth-order valence-electron chi connectivity index (χ4n) is 3.51. The lowest BCUT2D eigenvalue weighted by Crippen LogP contribution is -2.21. The van der Waals surface area contributed by atoms with Crippen molar-refractivity contribution in [3.05, 3.63) is 53.6 Å². The SMILES string of the molecule is CCC(C)(C)c1ccc(OCCCC(=O)Nc2cccc(NC(=O)CCl)c2)c(C(C)(C)CC)c1. The van der Waals surface area contributed by atoms with Gasteiger partial charge in [-0.1, -0.05) is 59.7 Å². The van der Waals surface area contributed by atoms with Gasteiger partial charge in [0.25, 0.3) is 0 Å². The molecule has 0 radical (unpaired) electrons. The van der Waals surface area contributed by atoms with Gasteiger partial charge < -0.3 is 15.4 Å². The second kappa shape index (κ2) is 12.3. The van der Waals surface area contributed by atoms with E-state index in [1.54, 1.807) is 24.3 Å². The highest BCUT2D eigenvalue weighted by Gasteiger charge is 2.26. The zero-order valence-electron chi connectivity index (χ0n) is 21.4. The number of carbonyl (C=O) groups is 2. The molecule has 0 aliphatic heterocycles. The van der Waals surface area contributed by atoms with E-state index in [4.69, 9.17) is 16.3 Å². The molecule has 0 atom stereocenters. The summed E-state index contributed by atoms with van der Waals surface area (Å²) >= 11 is 5.52. The number of halogens is 1. The number of nitrogens with one attached hydrogen (secondary N) is 2. The molecule has 0 heterocycles. The molecule has 0 bridgehead atoms. The van der Waals surface area contributed by atoms with Crippen LogP contribution in [-0.4, -0.2) is 24.3 Å². The fourth-order valence-corrected chi connectivity index (χ4v) is 3.57. The van der Waals surface area contributed by atoms with Crippen molar-refractivity contribution in [2.24, 2.45) is 0 Å². The summed E-state index contributed by atoms with van der Waals surface area (Å²) in [5, 5.41) is 5.54. The summed E-state index contributed by atoms with van der Waals surface area (Å²) < 4.78 is 6.16. The minimum Gasteiger partial charge on any atom is -0.493 e. The van der Waals surface area contributed by atoms with E-state index in [9.17, 15) is 9.59 Å². The largest absolute Gasteiger partial charge is 0.493 e. The maximum absolute atomic E-state index is 12.4. The summed E-state index contributed by atoms with van der Waals surface area (Å²) in [5.41, 5.74) is 3.86. The minimum atomic E-state index is -0.292. The van der Waals surface area contributed by atoms with Crippen LogP contribution in [0.15, 0.2) is 42.5 Å². The van der Waals surface area contributed by atoms with Crippen molar-refractivity contribution in [3.63, 3.8) is 0 Å². The van der Waals surface area contributed by atoms with E-state index in [0.29, 0.717) is 30.8 Å². The molecule has 0 saturated carbocycles. The van der Waals surface area contributed by atoms with Crippen LogP contribution in [0.25, 0.3) is 0 Å². The highest BCUT2D eigenvalue weighted by Crippen LogP contribution is 2.38. The molecule has 6 heteroatoms. The number of rotatable bonds is 12. The first-order chi connectivity index (χ1) is 16.0. The summed E-state index contributed by atoms with van der Waals surface area (Å²) in [4.78, 5) is 23.8. The Morgan fingerprint density at radius 2 is 1.50 bits per heavy atom. The molecular weight excluding hydrogens is 448 g/mol. The average Bonchev–Trinajstić information content (AvgIpc) is 2.81. The molecule has 0 saturated heterocycles. The van der Waals surface area contributed by atoms with Crippen molar-refractivity contribution >= 4 is 34.8 Å². The molecule has 0 aliphatic rings. The molecule has 34 heavy (non-hydrogen) atoms. The highest BCUT2D eigenvalue weighted by molar-refractivity contribution is 6.29. The Labute approximate surface area is 209 Å². The van der Waals surface area contributed by atoms with E-state index >= 15 is 0 Å². The van der Waals surface area contributed by atoms with Crippen LogP contribution in [0, 0.1) is 0 Å². The number of ether oxygens (including phenoxy) is 1. The predicted molar refractivity (Wildman–Crippen MR) is 142 cm³/mol. The number of benzene rings is 2. The van der Waals surface area contributed by atoms with E-state index in [1.807, 2.05) is 0 Å². The van der Waals surface area contributed by atoms with Crippen LogP contribution in [0.2, 0.25) is 0 Å². The Hall–Kier alpha value is -2.53. The van der Waals surface area contributed by atoms with E-state index in [-0.39, 0.29) is 28.5 Å². The summed E-state index contributed by atoms with van der Waals surface area (Å²) in [5.74, 6) is 0.385. The molecule has 2 rings (SSSR count). The Morgan fingerprint density at radius 3 is 2.09 bits per heavy atom. The van der Waals surface area contributed by atoms with Crippen LogP contribution >= 0.6 is 11.6 Å². The monoisotopic (exact) mass is 486 g/mol. The molecule has 0 fully saturated rings. The van der Waals surface area contributed by atoms with E-state index in [2.05, 4.69) is 70.4 Å². The molecule has 2 amide bonds. The molecule has 5 nitrogen and oxygen atoms in total. The van der Waals surface area contributed by atoms with Gasteiger partial charge in [-0.2, -0.15) is 0 Å². The van der Waals surface area contributed by atoms with Crippen LogP contribution < -0.4 is 15.4 Å². The van der Waals surface area contributed by atoms with Gasteiger partial charge in [0.05, 0.1) is 6.61 Å². The molecular formula is C28H39ClN2O3. The van der Waals surface area contributed by atoms with Crippen molar-refractivity contribution in [2.75, 3.05) is 23.1 Å². The third kappa shape index (κ3) is 7.76. The zero-order chi connectivity index (χ0) is 25.4. The van der Waals surface area contributed by atoms with Gasteiger partial charge >= 0.3 is 0 Å². The lowest BCUT2D eigenvalue weighted by atomic mass is 9.76. The van der Waals surface area contributed by atoms with Crippen LogP contribution in [0.1, 0.15) is 78.4 Å². The molecule has 2 aromatic carbocycles. The summed E-state index contributed by atoms with van der Waals surface area (Å²) in [7, 11) is 0. The fraction of sp³-hybridized carbons (Fsp3) is 0.500. The smallest absolute Gasteiger partial charge is 0.239 e. The molecule has 0 aromatic heterocycles. The van der Waals surface area contributed by atoms with Gasteiger partial charge in [-0.15, -0.1) is 11.6 Å². The Morgan fingerprint density at radius 1 is 0.882 bits per heavy atom. The standard InChI is InChI=1S/C28H39ClN2O3/c1-7-27(3,4)20-14-15-24(23(17-20)28(5,6)8-2)34-16-10-13-25(32)30-21-11-9-12-22(18-21)31-26(33)19-29/h9,11-12,14-15,17-18H,7-8,10,13,16,19H2,1-6H3,(H,30,32)(H,31,33). The second-order valence-electron chi connectivity index (χ2n) is 9.95. The summed E-state index contributed by atoms with van der Waals surface area (Å²) in [6.07, 6.45) is 3.01. The highest BCUT2D eigenvalue weighted by atomic mass is 35.5. The van der Waals surface area contributed by atoms with Gasteiger partial charge in [-0.25, -0.2) is 0 Å². The van der Waals surface area contributed by atoms with Crippen molar-refractivity contribution in [3.8, 4) is 5.75 Å². The predicted octanol–water partition coefficient (Wildman–Crippen LogP) is 7.04. The van der Waals surface area contributed by atoms with Crippen molar-refractivity contribution in [1.29, 1.82) is 0 Å². The molecule has 0 unspecified atom stereocenters. The summed E-state index contributed by atoms with van der Waals surface area (Å²) in [6, 6.07) is 13.5. The molecule has 0 aliphatic carbocycles. The normalized spacial score (nSPS) is 11.7. The Balaban J connectivity index is 1.97. The molecule has 186 valence electrons. The first-order valence-corrected chi connectivity index (χ1v) is 12.6. The van der Waals surface area contributed by atoms with Gasteiger partial charge in [0.15, 0.2) is 0 Å². The van der Waals surface area contributed by atoms with Gasteiger partial charge in [-0.05, 0) is 59.9 Å². The zero-order valence-corrected chi connectivity index (χ0v) is 22.1. The number of carbonyl (C=O) groups excluding carboxylic acids is 2. The average molecular weight is 487 g/mol. The lowest BCUT2D eigenvalue weighted by Gasteiger charge is -2.30. The van der Waals surface area contributed by atoms with E-state index < -0.39 is 0 Å². The van der Waals surface area contributed by atoms with Crippen LogP contribution in [0.5, 0.6) is 5.75 Å². The van der Waals surface area contributed by atoms with Gasteiger partial charge in [-0.3, -0.25) is 9.59 Å². The van der Waals surface area contributed by atoms with Crippen molar-refractivity contribution in [1.82, 2.24) is 0 Å². The van der Waals surface area contributed by atoms with Crippen molar-refractivity contribution in [2.45, 2.75) is 78.1 Å². The number of amides is 2. The first-order valence-electron chi connectivity index (χ1n) is 12.1. The lowest BCUT2D eigenvalue weighted by molar-refractivity contribution is -0.116. The molecule has 2 N–H and O–H groups in total. The van der Waals surface area contributed by atoms with E-state index in [0.717, 1.165) is 18.6 Å². The maximum Gasteiger partial charge on any atom is 0.239 e. The van der Waals surface area contributed by atoms with Gasteiger partial charge in [0.1, 0.15) is 11.6 Å². The third-order valence-electron chi connectivity index (χ3n) is 6.62. The minimum absolute atomic E-state index is 0.00353. The molecule has 0 spiro atoms. The van der Waals surface area contributed by atoms with Crippen molar-refractivity contribution < 1.29 is 14.3 Å². The maximum atomic E-state index is 12.4. The van der Waals surface area contributed by atoms with Gasteiger partial charge in [0.2, 0.25) is 11.8 Å². The number of anilines is 2. The Kier molecular flexibility index (Phi) is 9.99. The number of hydrogen-bond donors (Lipinski definition) is 2. The Bertz CT molecular complexity index is 985. The topological polar surface area (TPSA) is 67.4 Å². The quantitative estimate of drug-likeness (QED) is 0.250. The van der Waals surface area contributed by atoms with Crippen LogP contribution in [0.3, 0.4) is 0 Å². The number of alkyl halides is 1. The summed E-state index contributed by atoms with van der Waals surface area (Å²) in [6.45, 7) is 13.9. The van der Waals surface area contributed by atoms with Crippen LogP contribution in [0.4, 0.5) is 11.4 Å². The van der Waals surface area contributed by atoms with Gasteiger partial charge in [0, 0.05) is 23.4 Å². The third-order valence-corrected chi connectivity index (χ3v) is 6.86. The van der Waals surface area contributed by atoms with Crippen LogP contribution in [-0.2, 0) is 20.4 Å². The number of hydrogen-bond acceptors (Lipinski definition) is 3. The molecule has 2 aromatic rings. The first kappa shape index (κ1) is 27.7. The van der Waals surface area contributed by atoms with E-state index in [1.165, 1.54) is 11.1 Å². The second-order valence-corrected chi connectivity index (χ2v) is 10.2.